The van der Waals surface area contributed by atoms with Crippen molar-refractivity contribution in [3.05, 3.63) is 35.7 Å². The second kappa shape index (κ2) is 9.13. The fourth-order valence-corrected chi connectivity index (χ4v) is 4.80. The molecular weight excluding hydrogens is 406 g/mol. The monoisotopic (exact) mass is 437 g/mol. The first kappa shape index (κ1) is 21.3. The van der Waals surface area contributed by atoms with Gasteiger partial charge >= 0.3 is 0 Å². The number of ether oxygens (including phenoxy) is 2. The molecule has 4 heterocycles. The molecule has 8 heteroatoms. The Balaban J connectivity index is 1.45. The normalized spacial score (nSPS) is 22.5. The molecule has 0 aliphatic carbocycles. The van der Waals surface area contributed by atoms with Crippen LogP contribution < -0.4 is 10.2 Å². The van der Waals surface area contributed by atoms with E-state index in [-0.39, 0.29) is 6.10 Å². The molecule has 8 nitrogen and oxygen atoms in total. The molecule has 2 fully saturated rings. The number of pyridine rings is 1. The van der Waals surface area contributed by atoms with Crippen molar-refractivity contribution >= 4 is 16.7 Å². The van der Waals surface area contributed by atoms with Gasteiger partial charge in [0, 0.05) is 50.9 Å². The summed E-state index contributed by atoms with van der Waals surface area (Å²) >= 11 is 0. The van der Waals surface area contributed by atoms with Crippen molar-refractivity contribution in [1.82, 2.24) is 20.4 Å². The molecular formula is C24H31N5O3. The van der Waals surface area contributed by atoms with Crippen molar-refractivity contribution < 1.29 is 14.0 Å². The quantitative estimate of drug-likeness (QED) is 0.651. The summed E-state index contributed by atoms with van der Waals surface area (Å²) in [5.41, 5.74) is 3.02. The zero-order chi connectivity index (χ0) is 22.1. The Bertz CT molecular complexity index is 1080. The standard InChI is InChI=1S/C24H31N5O3/c1-15-4-5-20-17(12-15)13-19(24-25-16(2)28-32-24)23(27-20)29-9-6-21(22(14-29)30-3)26-18-7-10-31-11-8-18/h4-5,12-13,18,21-22,26H,6-11,14H2,1-3H3/t21-,22+/m1/s1. The van der Waals surface area contributed by atoms with Crippen LogP contribution in [-0.2, 0) is 9.47 Å². The SMILES string of the molecule is CO[C@H]1CN(c2nc3ccc(C)cc3cc2-c2nc(C)no2)CC[C@H]1NC1CCOCC1. The van der Waals surface area contributed by atoms with Crippen LogP contribution in [-0.4, -0.2) is 66.7 Å². The van der Waals surface area contributed by atoms with Crippen LogP contribution in [0.15, 0.2) is 28.8 Å². The molecule has 1 N–H and O–H groups in total. The Labute approximate surface area is 188 Å². The third kappa shape index (κ3) is 4.35. The first-order valence-corrected chi connectivity index (χ1v) is 11.4. The van der Waals surface area contributed by atoms with Crippen molar-refractivity contribution in [3.63, 3.8) is 0 Å². The van der Waals surface area contributed by atoms with E-state index in [0.717, 1.165) is 67.8 Å². The van der Waals surface area contributed by atoms with E-state index in [9.17, 15) is 0 Å². The van der Waals surface area contributed by atoms with Gasteiger partial charge in [-0.2, -0.15) is 4.98 Å². The van der Waals surface area contributed by atoms with Gasteiger partial charge in [-0.1, -0.05) is 16.8 Å². The molecule has 2 saturated heterocycles. The van der Waals surface area contributed by atoms with Crippen molar-refractivity contribution in [2.45, 2.75) is 51.3 Å². The summed E-state index contributed by atoms with van der Waals surface area (Å²) < 4.78 is 17.0. The Morgan fingerprint density at radius 2 is 1.94 bits per heavy atom. The average Bonchev–Trinajstić information content (AvgIpc) is 3.25. The lowest BCUT2D eigenvalue weighted by molar-refractivity contribution is 0.0359. The van der Waals surface area contributed by atoms with Gasteiger partial charge in [-0.05, 0) is 51.3 Å². The summed E-state index contributed by atoms with van der Waals surface area (Å²) in [7, 11) is 1.80. The Morgan fingerprint density at radius 1 is 1.09 bits per heavy atom. The zero-order valence-electron chi connectivity index (χ0n) is 19.0. The predicted molar refractivity (Wildman–Crippen MR) is 123 cm³/mol. The molecule has 2 aromatic heterocycles. The van der Waals surface area contributed by atoms with Crippen LogP contribution in [0.3, 0.4) is 0 Å². The number of fused-ring (bicyclic) bond motifs is 1. The first-order chi connectivity index (χ1) is 15.6. The van der Waals surface area contributed by atoms with Crippen LogP contribution in [0.25, 0.3) is 22.4 Å². The number of nitrogens with one attached hydrogen (secondary N) is 1. The summed E-state index contributed by atoms with van der Waals surface area (Å²) in [5, 5.41) is 8.90. The molecule has 2 aliphatic heterocycles. The van der Waals surface area contributed by atoms with Crippen LogP contribution in [0.2, 0.25) is 0 Å². The molecule has 0 unspecified atom stereocenters. The van der Waals surface area contributed by atoms with Crippen LogP contribution in [0.1, 0.15) is 30.7 Å². The molecule has 0 radical (unpaired) electrons. The highest BCUT2D eigenvalue weighted by Gasteiger charge is 2.33. The summed E-state index contributed by atoms with van der Waals surface area (Å²) in [5.74, 6) is 1.99. The number of aromatic nitrogens is 3. The van der Waals surface area contributed by atoms with E-state index < -0.39 is 0 Å². The third-order valence-electron chi connectivity index (χ3n) is 6.54. The minimum absolute atomic E-state index is 0.0689. The molecule has 0 bridgehead atoms. The lowest BCUT2D eigenvalue weighted by Crippen LogP contribution is -2.56. The van der Waals surface area contributed by atoms with E-state index >= 15 is 0 Å². The van der Waals surface area contributed by atoms with Crippen LogP contribution in [0.5, 0.6) is 0 Å². The van der Waals surface area contributed by atoms with Crippen molar-refractivity contribution in [2.24, 2.45) is 0 Å². The summed E-state index contributed by atoms with van der Waals surface area (Å²) in [6, 6.07) is 9.24. The number of anilines is 1. The number of nitrogens with zero attached hydrogens (tertiary/aromatic N) is 4. The second-order valence-electron chi connectivity index (χ2n) is 8.87. The molecule has 0 saturated carbocycles. The van der Waals surface area contributed by atoms with Gasteiger partial charge in [0.25, 0.3) is 5.89 Å². The van der Waals surface area contributed by atoms with E-state index in [1.54, 1.807) is 7.11 Å². The summed E-state index contributed by atoms with van der Waals surface area (Å²) in [6.45, 7) is 7.22. The van der Waals surface area contributed by atoms with E-state index in [0.29, 0.717) is 23.8 Å². The van der Waals surface area contributed by atoms with Crippen molar-refractivity contribution in [2.75, 3.05) is 38.3 Å². The number of hydrogen-bond acceptors (Lipinski definition) is 8. The molecule has 0 spiro atoms. The van der Waals surface area contributed by atoms with Crippen molar-refractivity contribution in [1.29, 1.82) is 0 Å². The second-order valence-corrected chi connectivity index (χ2v) is 8.87. The Kier molecular flexibility index (Phi) is 6.08. The molecule has 5 rings (SSSR count). The number of hydrogen-bond donors (Lipinski definition) is 1. The maximum absolute atomic E-state index is 5.94. The van der Waals surface area contributed by atoms with Crippen LogP contribution in [0.4, 0.5) is 5.82 Å². The van der Waals surface area contributed by atoms with Gasteiger partial charge in [-0.3, -0.25) is 0 Å². The lowest BCUT2D eigenvalue weighted by Gasteiger charge is -2.41. The van der Waals surface area contributed by atoms with Gasteiger partial charge in [0.1, 0.15) is 5.82 Å². The number of aryl methyl sites for hydroxylation is 2. The van der Waals surface area contributed by atoms with Crippen molar-refractivity contribution in [3.8, 4) is 11.5 Å². The molecule has 3 aromatic rings. The van der Waals surface area contributed by atoms with Gasteiger partial charge in [-0.25, -0.2) is 4.98 Å². The first-order valence-electron chi connectivity index (χ1n) is 11.4. The Hall–Kier alpha value is -2.55. The largest absolute Gasteiger partial charge is 0.381 e. The molecule has 1 aromatic carbocycles. The minimum Gasteiger partial charge on any atom is -0.381 e. The lowest BCUT2D eigenvalue weighted by atomic mass is 9.98. The minimum atomic E-state index is 0.0689. The highest BCUT2D eigenvalue weighted by molar-refractivity contribution is 5.88. The van der Waals surface area contributed by atoms with E-state index in [1.165, 1.54) is 5.56 Å². The predicted octanol–water partition coefficient (Wildman–Crippen LogP) is 3.26. The van der Waals surface area contributed by atoms with Crippen LogP contribution in [0, 0.1) is 13.8 Å². The smallest absolute Gasteiger partial charge is 0.261 e. The molecule has 2 atom stereocenters. The van der Waals surface area contributed by atoms with E-state index in [4.69, 9.17) is 19.0 Å². The number of benzene rings is 1. The molecule has 2 aliphatic rings. The summed E-state index contributed by atoms with van der Waals surface area (Å²) in [4.78, 5) is 11.8. The maximum atomic E-state index is 5.94. The average molecular weight is 438 g/mol. The fraction of sp³-hybridized carbons (Fsp3) is 0.542. The molecule has 170 valence electrons. The summed E-state index contributed by atoms with van der Waals surface area (Å²) in [6.07, 6.45) is 3.16. The van der Waals surface area contributed by atoms with E-state index in [1.807, 2.05) is 6.92 Å². The number of methoxy groups -OCH3 is 1. The van der Waals surface area contributed by atoms with Gasteiger partial charge in [-0.15, -0.1) is 0 Å². The highest BCUT2D eigenvalue weighted by atomic mass is 16.5. The Morgan fingerprint density at radius 3 is 2.69 bits per heavy atom. The molecule has 32 heavy (non-hydrogen) atoms. The van der Waals surface area contributed by atoms with Gasteiger partial charge in [0.15, 0.2) is 5.82 Å². The third-order valence-corrected chi connectivity index (χ3v) is 6.54. The van der Waals surface area contributed by atoms with E-state index in [2.05, 4.69) is 51.5 Å². The maximum Gasteiger partial charge on any atom is 0.261 e. The van der Waals surface area contributed by atoms with Gasteiger partial charge in [0.05, 0.1) is 17.2 Å². The fourth-order valence-electron chi connectivity index (χ4n) is 4.80. The topological polar surface area (TPSA) is 85.5 Å². The zero-order valence-corrected chi connectivity index (χ0v) is 19.0. The van der Waals surface area contributed by atoms with Gasteiger partial charge in [0.2, 0.25) is 0 Å². The van der Waals surface area contributed by atoms with Crippen LogP contribution >= 0.6 is 0 Å². The van der Waals surface area contributed by atoms with Gasteiger partial charge < -0.3 is 24.2 Å². The number of rotatable bonds is 5. The molecule has 0 amide bonds. The number of piperidine rings is 1. The highest BCUT2D eigenvalue weighted by Crippen LogP contribution is 2.34.